The largest absolute Gasteiger partial charge is 0.493 e. The number of para-hydroxylation sites is 2. The van der Waals surface area contributed by atoms with Gasteiger partial charge in [-0.2, -0.15) is 0 Å². The zero-order valence-corrected chi connectivity index (χ0v) is 15.6. The highest BCUT2D eigenvalue weighted by Crippen LogP contribution is 2.36. The predicted molar refractivity (Wildman–Crippen MR) is 99.6 cm³/mol. The second kappa shape index (κ2) is 7.10. The van der Waals surface area contributed by atoms with Crippen molar-refractivity contribution in [1.82, 2.24) is 4.90 Å². The van der Waals surface area contributed by atoms with Crippen molar-refractivity contribution in [3.05, 3.63) is 57.6 Å². The van der Waals surface area contributed by atoms with Gasteiger partial charge in [-0.05, 0) is 43.5 Å². The molecule has 0 unspecified atom stereocenters. The van der Waals surface area contributed by atoms with E-state index in [1.54, 1.807) is 18.9 Å². The van der Waals surface area contributed by atoms with Crippen molar-refractivity contribution in [1.29, 1.82) is 0 Å². The average Bonchev–Trinajstić information content (AvgIpc) is 2.55. The minimum Gasteiger partial charge on any atom is -0.493 e. The molecule has 4 rings (SSSR count). The number of carbonyl (C=O) groups is 1. The van der Waals surface area contributed by atoms with Crippen LogP contribution in [-0.2, 0) is 0 Å². The van der Waals surface area contributed by atoms with Crippen molar-refractivity contribution in [2.75, 3.05) is 20.2 Å². The molecule has 1 aliphatic carbocycles. The summed E-state index contributed by atoms with van der Waals surface area (Å²) >= 11 is 0. The Morgan fingerprint density at radius 2 is 1.89 bits per heavy atom. The van der Waals surface area contributed by atoms with Crippen LogP contribution in [0.2, 0.25) is 0 Å². The van der Waals surface area contributed by atoms with E-state index in [2.05, 4.69) is 0 Å². The van der Waals surface area contributed by atoms with Crippen LogP contribution >= 0.6 is 0 Å². The lowest BCUT2D eigenvalue weighted by Gasteiger charge is -2.39. The number of aryl methyl sites for hydroxylation is 1. The zero-order chi connectivity index (χ0) is 19.0. The van der Waals surface area contributed by atoms with Crippen LogP contribution in [0.4, 0.5) is 0 Å². The van der Waals surface area contributed by atoms with Crippen LogP contribution in [-0.4, -0.2) is 37.1 Å². The summed E-state index contributed by atoms with van der Waals surface area (Å²) in [6.07, 6.45) is 3.13. The predicted octanol–water partition coefficient (Wildman–Crippen LogP) is 3.13. The first-order chi connectivity index (χ1) is 13.1. The molecule has 2 heterocycles. The van der Waals surface area contributed by atoms with Crippen molar-refractivity contribution in [3.8, 4) is 11.5 Å². The van der Waals surface area contributed by atoms with E-state index in [1.165, 1.54) is 0 Å². The summed E-state index contributed by atoms with van der Waals surface area (Å²) < 4.78 is 16.6. The van der Waals surface area contributed by atoms with Gasteiger partial charge in [0.1, 0.15) is 17.4 Å². The Morgan fingerprint density at radius 3 is 2.48 bits per heavy atom. The molecule has 1 aromatic heterocycles. The summed E-state index contributed by atoms with van der Waals surface area (Å²) in [6.45, 7) is 2.66. The smallest absolute Gasteiger partial charge is 0.349 e. The Hall–Kier alpha value is -2.76. The summed E-state index contributed by atoms with van der Waals surface area (Å²) in [5.74, 6) is 2.05. The maximum atomic E-state index is 12.7. The minimum atomic E-state index is -0.531. The summed E-state index contributed by atoms with van der Waals surface area (Å²) in [6, 6.07) is 9.26. The van der Waals surface area contributed by atoms with Crippen molar-refractivity contribution in [3.63, 3.8) is 0 Å². The normalized spacial score (nSPS) is 17.2. The Balaban J connectivity index is 1.42. The van der Waals surface area contributed by atoms with E-state index in [-0.39, 0.29) is 17.6 Å². The fourth-order valence-electron chi connectivity index (χ4n) is 3.52. The SMILES string of the molecule is COc1ccccc1OC1CN(C(=O)c2c(C)cc(C3CCC3)oc2=O)C1. The highest BCUT2D eigenvalue weighted by atomic mass is 16.5. The lowest BCUT2D eigenvalue weighted by atomic mass is 9.83. The summed E-state index contributed by atoms with van der Waals surface area (Å²) in [5, 5.41) is 0. The summed E-state index contributed by atoms with van der Waals surface area (Å²) in [5.41, 5.74) is 0.289. The van der Waals surface area contributed by atoms with Crippen LogP contribution in [0, 0.1) is 6.92 Å². The molecule has 2 aromatic rings. The van der Waals surface area contributed by atoms with Gasteiger partial charge in [0, 0.05) is 5.92 Å². The molecule has 0 bridgehead atoms. The number of amides is 1. The van der Waals surface area contributed by atoms with Crippen LogP contribution in [0.25, 0.3) is 0 Å². The molecule has 1 amide bonds. The van der Waals surface area contributed by atoms with Gasteiger partial charge in [-0.15, -0.1) is 0 Å². The number of carbonyl (C=O) groups excluding carboxylic acids is 1. The topological polar surface area (TPSA) is 69.0 Å². The molecule has 2 fully saturated rings. The van der Waals surface area contributed by atoms with Crippen LogP contribution in [0.1, 0.15) is 46.9 Å². The van der Waals surface area contributed by atoms with Crippen molar-refractivity contribution >= 4 is 5.91 Å². The minimum absolute atomic E-state index is 0.119. The van der Waals surface area contributed by atoms with Gasteiger partial charge in [-0.3, -0.25) is 4.79 Å². The standard InChI is InChI=1S/C21H23NO5/c1-13-10-18(14-6-5-7-14)27-21(24)19(13)20(23)22-11-15(12-22)26-17-9-4-3-8-16(17)25-2/h3-4,8-10,14-15H,5-7,11-12H2,1-2H3. The van der Waals surface area contributed by atoms with Gasteiger partial charge in [-0.1, -0.05) is 18.6 Å². The van der Waals surface area contributed by atoms with E-state index in [0.717, 1.165) is 19.3 Å². The second-order valence-corrected chi connectivity index (χ2v) is 7.22. The molecule has 6 heteroatoms. The van der Waals surface area contributed by atoms with Crippen molar-refractivity contribution < 1.29 is 18.7 Å². The number of nitrogens with zero attached hydrogens (tertiary/aromatic N) is 1. The third kappa shape index (κ3) is 3.31. The van der Waals surface area contributed by atoms with E-state index in [1.807, 2.05) is 30.3 Å². The van der Waals surface area contributed by atoms with Crippen LogP contribution in [0.15, 0.2) is 39.5 Å². The molecule has 27 heavy (non-hydrogen) atoms. The molecule has 1 saturated heterocycles. The fourth-order valence-corrected chi connectivity index (χ4v) is 3.52. The fraction of sp³-hybridized carbons (Fsp3) is 0.429. The Morgan fingerprint density at radius 1 is 1.19 bits per heavy atom. The number of hydrogen-bond donors (Lipinski definition) is 0. The second-order valence-electron chi connectivity index (χ2n) is 7.22. The number of methoxy groups -OCH3 is 1. The summed E-state index contributed by atoms with van der Waals surface area (Å²) in [7, 11) is 1.59. The molecular formula is C21H23NO5. The van der Waals surface area contributed by atoms with E-state index >= 15 is 0 Å². The highest BCUT2D eigenvalue weighted by molar-refractivity contribution is 5.95. The number of ether oxygens (including phenoxy) is 2. The van der Waals surface area contributed by atoms with Gasteiger partial charge < -0.3 is 18.8 Å². The average molecular weight is 369 g/mol. The summed E-state index contributed by atoms with van der Waals surface area (Å²) in [4.78, 5) is 26.7. The van der Waals surface area contributed by atoms with Gasteiger partial charge >= 0.3 is 5.63 Å². The van der Waals surface area contributed by atoms with E-state index in [9.17, 15) is 9.59 Å². The number of hydrogen-bond acceptors (Lipinski definition) is 5. The molecule has 1 aliphatic heterocycles. The first kappa shape index (κ1) is 17.6. The first-order valence-corrected chi connectivity index (χ1v) is 9.30. The number of benzene rings is 1. The quantitative estimate of drug-likeness (QED) is 0.810. The molecule has 0 N–H and O–H groups in total. The number of likely N-dealkylation sites (tertiary alicyclic amines) is 1. The van der Waals surface area contributed by atoms with Gasteiger partial charge in [0.2, 0.25) is 0 Å². The Bertz CT molecular complexity index is 909. The Kier molecular flexibility index (Phi) is 4.64. The zero-order valence-electron chi connectivity index (χ0n) is 15.6. The van der Waals surface area contributed by atoms with E-state index in [4.69, 9.17) is 13.9 Å². The van der Waals surface area contributed by atoms with Crippen LogP contribution in [0.3, 0.4) is 0 Å². The van der Waals surface area contributed by atoms with Crippen molar-refractivity contribution in [2.45, 2.75) is 38.2 Å². The molecule has 1 aromatic carbocycles. The maximum Gasteiger partial charge on any atom is 0.349 e. The molecule has 0 atom stereocenters. The van der Waals surface area contributed by atoms with Crippen molar-refractivity contribution in [2.24, 2.45) is 0 Å². The van der Waals surface area contributed by atoms with Crippen LogP contribution in [0.5, 0.6) is 11.5 Å². The molecule has 0 spiro atoms. The van der Waals surface area contributed by atoms with E-state index in [0.29, 0.717) is 41.8 Å². The van der Waals surface area contributed by atoms with Crippen LogP contribution < -0.4 is 15.1 Å². The van der Waals surface area contributed by atoms with Gasteiger partial charge in [0.05, 0.1) is 20.2 Å². The van der Waals surface area contributed by atoms with Gasteiger partial charge in [-0.25, -0.2) is 4.79 Å². The molecule has 142 valence electrons. The third-order valence-electron chi connectivity index (χ3n) is 5.39. The molecule has 1 saturated carbocycles. The van der Waals surface area contributed by atoms with Gasteiger partial charge in [0.15, 0.2) is 11.5 Å². The molecule has 0 radical (unpaired) electrons. The first-order valence-electron chi connectivity index (χ1n) is 9.30. The molecular weight excluding hydrogens is 346 g/mol. The highest BCUT2D eigenvalue weighted by Gasteiger charge is 2.36. The Labute approximate surface area is 157 Å². The van der Waals surface area contributed by atoms with Gasteiger partial charge in [0.25, 0.3) is 5.91 Å². The molecule has 2 aliphatic rings. The number of rotatable bonds is 5. The maximum absolute atomic E-state index is 12.7. The lowest BCUT2D eigenvalue weighted by molar-refractivity contribution is 0.0164. The monoisotopic (exact) mass is 369 g/mol. The molecule has 6 nitrogen and oxygen atoms in total. The van der Waals surface area contributed by atoms with E-state index < -0.39 is 5.63 Å². The lowest BCUT2D eigenvalue weighted by Crippen LogP contribution is -2.56. The third-order valence-corrected chi connectivity index (χ3v) is 5.39.